The molecule has 0 aromatic carbocycles. The molecule has 0 radical (unpaired) electrons. The molecule has 0 fully saturated rings. The lowest BCUT2D eigenvalue weighted by Crippen LogP contribution is -2.27. The summed E-state index contributed by atoms with van der Waals surface area (Å²) in [7, 11) is 6.91. The van der Waals surface area contributed by atoms with Crippen molar-refractivity contribution in [3.8, 4) is 0 Å². The van der Waals surface area contributed by atoms with Crippen molar-refractivity contribution in [1.29, 1.82) is 0 Å². The molecule has 0 spiro atoms. The number of halogens is 1. The van der Waals surface area contributed by atoms with E-state index in [4.69, 9.17) is 21.1 Å². The van der Waals surface area contributed by atoms with Crippen molar-refractivity contribution in [2.45, 2.75) is 6.10 Å². The Balaban J connectivity index is 2.66. The monoisotopic (exact) mass is 275 g/mol. The summed E-state index contributed by atoms with van der Waals surface area (Å²) in [6.45, 7) is 1.01. The molecule has 0 aliphatic rings. The molecular formula is C10H18ClN5O2. The highest BCUT2D eigenvalue weighted by molar-refractivity contribution is 6.28. The molecule has 0 saturated heterocycles. The molecular weight excluding hydrogens is 258 g/mol. The molecule has 18 heavy (non-hydrogen) atoms. The van der Waals surface area contributed by atoms with Crippen LogP contribution in [-0.4, -0.2) is 62.5 Å². The topological polar surface area (TPSA) is 72.4 Å². The van der Waals surface area contributed by atoms with Crippen LogP contribution in [0.5, 0.6) is 0 Å². The standard InChI is InChI=1S/C10H18ClN5O2/c1-16(2)10-14-8(11)13-9(15-10)12-5-7(18-4)6-17-3/h7H,5-6H2,1-4H3,(H,12,13,14,15). The molecule has 0 amide bonds. The van der Waals surface area contributed by atoms with Crippen LogP contribution >= 0.6 is 11.6 Å². The van der Waals surface area contributed by atoms with E-state index in [-0.39, 0.29) is 11.4 Å². The minimum Gasteiger partial charge on any atom is -0.382 e. The summed E-state index contributed by atoms with van der Waals surface area (Å²) in [6, 6.07) is 0. The second kappa shape index (κ2) is 7.30. The molecule has 0 aliphatic heterocycles. The van der Waals surface area contributed by atoms with Crippen molar-refractivity contribution in [3.63, 3.8) is 0 Å². The van der Waals surface area contributed by atoms with Gasteiger partial charge in [-0.15, -0.1) is 0 Å². The minimum atomic E-state index is -0.0756. The Kier molecular flexibility index (Phi) is 6.03. The normalized spacial score (nSPS) is 12.3. The van der Waals surface area contributed by atoms with Gasteiger partial charge in [0.1, 0.15) is 0 Å². The zero-order chi connectivity index (χ0) is 13.5. The third-order valence-electron chi connectivity index (χ3n) is 2.17. The Labute approximate surface area is 111 Å². The van der Waals surface area contributed by atoms with E-state index in [1.807, 2.05) is 14.1 Å². The quantitative estimate of drug-likeness (QED) is 0.784. The number of rotatable bonds is 7. The van der Waals surface area contributed by atoms with Crippen LogP contribution in [0.3, 0.4) is 0 Å². The fourth-order valence-corrected chi connectivity index (χ4v) is 1.38. The van der Waals surface area contributed by atoms with Gasteiger partial charge in [-0.25, -0.2) is 0 Å². The predicted molar refractivity (Wildman–Crippen MR) is 70.3 cm³/mol. The fraction of sp³-hybridized carbons (Fsp3) is 0.700. The fourth-order valence-electron chi connectivity index (χ4n) is 1.22. The van der Waals surface area contributed by atoms with Crippen molar-refractivity contribution >= 4 is 23.5 Å². The van der Waals surface area contributed by atoms with Crippen molar-refractivity contribution < 1.29 is 9.47 Å². The maximum absolute atomic E-state index is 5.82. The lowest BCUT2D eigenvalue weighted by molar-refractivity contribution is 0.0365. The third-order valence-corrected chi connectivity index (χ3v) is 2.34. The summed E-state index contributed by atoms with van der Waals surface area (Å²) in [5.41, 5.74) is 0. The summed E-state index contributed by atoms with van der Waals surface area (Å²) in [5, 5.41) is 3.19. The van der Waals surface area contributed by atoms with E-state index in [2.05, 4.69) is 20.3 Å². The summed E-state index contributed by atoms with van der Waals surface area (Å²) in [6.07, 6.45) is -0.0756. The van der Waals surface area contributed by atoms with E-state index >= 15 is 0 Å². The smallest absolute Gasteiger partial charge is 0.230 e. The van der Waals surface area contributed by atoms with E-state index < -0.39 is 0 Å². The number of aromatic nitrogens is 3. The van der Waals surface area contributed by atoms with Gasteiger partial charge in [0.05, 0.1) is 12.7 Å². The zero-order valence-electron chi connectivity index (χ0n) is 11.0. The molecule has 1 rings (SSSR count). The lowest BCUT2D eigenvalue weighted by Gasteiger charge is -2.16. The van der Waals surface area contributed by atoms with Gasteiger partial charge in [0, 0.05) is 34.9 Å². The van der Waals surface area contributed by atoms with Crippen molar-refractivity contribution in [3.05, 3.63) is 5.28 Å². The van der Waals surface area contributed by atoms with Gasteiger partial charge >= 0.3 is 0 Å². The highest BCUT2D eigenvalue weighted by atomic mass is 35.5. The second-order valence-corrected chi connectivity index (χ2v) is 4.15. The largest absolute Gasteiger partial charge is 0.382 e. The first-order valence-electron chi connectivity index (χ1n) is 5.41. The Morgan fingerprint density at radius 2 is 2.00 bits per heavy atom. The first-order chi connectivity index (χ1) is 8.56. The summed E-state index contributed by atoms with van der Waals surface area (Å²) >= 11 is 5.82. The summed E-state index contributed by atoms with van der Waals surface area (Å²) in [4.78, 5) is 13.9. The maximum Gasteiger partial charge on any atom is 0.230 e. The number of hydrogen-bond donors (Lipinski definition) is 1. The van der Waals surface area contributed by atoms with Crippen LogP contribution in [0.1, 0.15) is 0 Å². The number of nitrogens with one attached hydrogen (secondary N) is 1. The van der Waals surface area contributed by atoms with Gasteiger partial charge in [-0.3, -0.25) is 0 Å². The van der Waals surface area contributed by atoms with Crippen LogP contribution < -0.4 is 10.2 Å². The van der Waals surface area contributed by atoms with E-state index in [1.165, 1.54) is 0 Å². The number of anilines is 2. The van der Waals surface area contributed by atoms with E-state index in [0.717, 1.165) is 0 Å². The average Bonchev–Trinajstić information content (AvgIpc) is 2.33. The number of nitrogens with zero attached hydrogens (tertiary/aromatic N) is 4. The van der Waals surface area contributed by atoms with Gasteiger partial charge in [-0.05, 0) is 11.6 Å². The number of methoxy groups -OCH3 is 2. The van der Waals surface area contributed by atoms with Gasteiger partial charge in [-0.1, -0.05) is 0 Å². The number of ether oxygens (including phenoxy) is 2. The predicted octanol–water partition coefficient (Wildman–Crippen LogP) is 0.664. The van der Waals surface area contributed by atoms with Crippen molar-refractivity contribution in [1.82, 2.24) is 15.0 Å². The molecule has 1 heterocycles. The molecule has 7 nitrogen and oxygen atoms in total. The molecule has 0 saturated carbocycles. The first-order valence-corrected chi connectivity index (χ1v) is 5.79. The third kappa shape index (κ3) is 4.59. The van der Waals surface area contributed by atoms with E-state index in [1.54, 1.807) is 19.1 Å². The summed E-state index contributed by atoms with van der Waals surface area (Å²) in [5.74, 6) is 0.912. The molecule has 0 bridgehead atoms. The number of hydrogen-bond acceptors (Lipinski definition) is 7. The Hall–Kier alpha value is -1.18. The molecule has 102 valence electrons. The molecule has 1 atom stereocenters. The van der Waals surface area contributed by atoms with Crippen LogP contribution in [-0.2, 0) is 9.47 Å². The van der Waals surface area contributed by atoms with Crippen molar-refractivity contribution in [2.75, 3.05) is 51.7 Å². The molecule has 1 aromatic heterocycles. The zero-order valence-corrected chi connectivity index (χ0v) is 11.7. The molecule has 0 aliphatic carbocycles. The highest BCUT2D eigenvalue weighted by Crippen LogP contribution is 2.11. The van der Waals surface area contributed by atoms with Crippen LogP contribution in [0.25, 0.3) is 0 Å². The van der Waals surface area contributed by atoms with E-state index in [0.29, 0.717) is 25.0 Å². The lowest BCUT2D eigenvalue weighted by atomic mass is 10.4. The highest BCUT2D eigenvalue weighted by Gasteiger charge is 2.10. The second-order valence-electron chi connectivity index (χ2n) is 3.82. The van der Waals surface area contributed by atoms with Crippen LogP contribution in [0.4, 0.5) is 11.9 Å². The Bertz CT molecular complexity index is 377. The Morgan fingerprint density at radius 3 is 2.56 bits per heavy atom. The van der Waals surface area contributed by atoms with Crippen molar-refractivity contribution in [2.24, 2.45) is 0 Å². The van der Waals surface area contributed by atoms with E-state index in [9.17, 15) is 0 Å². The Morgan fingerprint density at radius 1 is 1.28 bits per heavy atom. The van der Waals surface area contributed by atoms with Gasteiger partial charge in [0.2, 0.25) is 17.2 Å². The summed E-state index contributed by atoms with van der Waals surface area (Å²) < 4.78 is 10.2. The maximum atomic E-state index is 5.82. The van der Waals surface area contributed by atoms with Gasteiger partial charge < -0.3 is 19.7 Å². The molecule has 8 heteroatoms. The molecule has 1 N–H and O–H groups in total. The molecule has 1 aromatic rings. The SMILES string of the molecule is COCC(CNc1nc(Cl)nc(N(C)C)n1)OC. The molecule has 1 unspecified atom stereocenters. The average molecular weight is 276 g/mol. The van der Waals surface area contributed by atoms with Crippen LogP contribution in [0.2, 0.25) is 5.28 Å². The minimum absolute atomic E-state index is 0.0756. The van der Waals surface area contributed by atoms with Crippen LogP contribution in [0.15, 0.2) is 0 Å². The first kappa shape index (κ1) is 14.9. The van der Waals surface area contributed by atoms with Gasteiger partial charge in [-0.2, -0.15) is 15.0 Å². The van der Waals surface area contributed by atoms with Gasteiger partial charge in [0.25, 0.3) is 0 Å². The van der Waals surface area contributed by atoms with Crippen LogP contribution in [0, 0.1) is 0 Å². The van der Waals surface area contributed by atoms with Gasteiger partial charge in [0.15, 0.2) is 0 Å².